The molecule has 3 amide bonds. The van der Waals surface area contributed by atoms with Gasteiger partial charge < -0.3 is 19.8 Å². The molecule has 0 aromatic carbocycles. The fraction of sp³-hybridized carbons (Fsp3) is 0.696. The maximum atomic E-state index is 13.8. The van der Waals surface area contributed by atoms with Crippen molar-refractivity contribution in [3.05, 3.63) is 24.3 Å². The Morgan fingerprint density at radius 3 is 2.61 bits per heavy atom. The van der Waals surface area contributed by atoms with E-state index in [9.17, 15) is 19.5 Å². The van der Waals surface area contributed by atoms with Gasteiger partial charge in [-0.2, -0.15) is 0 Å². The van der Waals surface area contributed by atoms with E-state index in [0.717, 1.165) is 12.8 Å². The van der Waals surface area contributed by atoms with Crippen molar-refractivity contribution in [2.24, 2.45) is 11.8 Å². The van der Waals surface area contributed by atoms with Crippen molar-refractivity contribution in [3.8, 4) is 0 Å². The van der Waals surface area contributed by atoms with Crippen LogP contribution in [0.3, 0.4) is 0 Å². The second kappa shape index (κ2) is 8.98. The number of hydrogen-bond acceptors (Lipinski definition) is 5. The number of aliphatic hydroxyl groups excluding tert-OH is 1. The first-order chi connectivity index (χ1) is 15.0. The van der Waals surface area contributed by atoms with Gasteiger partial charge in [0, 0.05) is 45.1 Å². The average Bonchev–Trinajstić information content (AvgIpc) is 3.07. The number of fused-ring (bicyclic) bond motifs is 2. The normalized spacial score (nSPS) is 34.7. The van der Waals surface area contributed by atoms with Crippen LogP contribution < -0.4 is 0 Å². The first kappa shape index (κ1) is 22.4. The molecule has 8 heteroatoms. The molecular formula is C23H33N3O4S. The van der Waals surface area contributed by atoms with Gasteiger partial charge in [0.1, 0.15) is 6.04 Å². The van der Waals surface area contributed by atoms with Crippen LogP contribution in [0.25, 0.3) is 0 Å². The molecular weight excluding hydrogens is 414 g/mol. The number of amides is 3. The second-order valence-electron chi connectivity index (χ2n) is 8.99. The summed E-state index contributed by atoms with van der Waals surface area (Å²) in [7, 11) is 1.78. The fourth-order valence-electron chi connectivity index (χ4n) is 5.49. The molecule has 4 rings (SSSR count). The highest BCUT2D eigenvalue weighted by atomic mass is 32.2. The molecule has 0 aromatic heterocycles. The maximum Gasteiger partial charge on any atom is 0.247 e. The van der Waals surface area contributed by atoms with Crippen molar-refractivity contribution in [2.75, 3.05) is 39.8 Å². The van der Waals surface area contributed by atoms with E-state index in [1.54, 1.807) is 28.6 Å². The van der Waals surface area contributed by atoms with Crippen LogP contribution in [0.2, 0.25) is 0 Å². The van der Waals surface area contributed by atoms with Crippen LogP contribution in [-0.2, 0) is 14.4 Å². The van der Waals surface area contributed by atoms with Crippen molar-refractivity contribution >= 4 is 29.5 Å². The number of carbonyl (C=O) groups excluding carboxylic acids is 3. The van der Waals surface area contributed by atoms with E-state index in [2.05, 4.69) is 19.1 Å². The van der Waals surface area contributed by atoms with Crippen LogP contribution >= 0.6 is 11.8 Å². The molecule has 0 aromatic rings. The molecule has 1 unspecified atom stereocenters. The van der Waals surface area contributed by atoms with E-state index in [4.69, 9.17) is 0 Å². The predicted octanol–water partition coefficient (Wildman–Crippen LogP) is 1.28. The van der Waals surface area contributed by atoms with Crippen molar-refractivity contribution in [1.29, 1.82) is 0 Å². The van der Waals surface area contributed by atoms with Crippen LogP contribution in [0.5, 0.6) is 0 Å². The van der Waals surface area contributed by atoms with Gasteiger partial charge in [0.25, 0.3) is 0 Å². The lowest BCUT2D eigenvalue weighted by Crippen LogP contribution is -2.53. The van der Waals surface area contributed by atoms with E-state index in [1.165, 1.54) is 0 Å². The van der Waals surface area contributed by atoms with Crippen LogP contribution in [0.1, 0.15) is 32.6 Å². The summed E-state index contributed by atoms with van der Waals surface area (Å²) in [5, 5.41) is 9.13. The van der Waals surface area contributed by atoms with E-state index in [0.29, 0.717) is 39.0 Å². The minimum absolute atomic E-state index is 0.00737. The van der Waals surface area contributed by atoms with Crippen LogP contribution in [0, 0.1) is 11.8 Å². The minimum Gasteiger partial charge on any atom is -0.396 e. The molecule has 0 saturated carbocycles. The highest BCUT2D eigenvalue weighted by Crippen LogP contribution is 2.60. The van der Waals surface area contributed by atoms with Crippen LogP contribution in [-0.4, -0.2) is 93.4 Å². The van der Waals surface area contributed by atoms with Crippen LogP contribution in [0.15, 0.2) is 24.3 Å². The summed E-state index contributed by atoms with van der Waals surface area (Å²) in [6.07, 6.45) is 11.3. The number of likely N-dealkylation sites (N-methyl/N-ethyl adjacent to an activating group) is 1. The van der Waals surface area contributed by atoms with Gasteiger partial charge in [-0.25, -0.2) is 0 Å². The summed E-state index contributed by atoms with van der Waals surface area (Å²) >= 11 is 1.62. The number of hydrogen-bond donors (Lipinski definition) is 1. The van der Waals surface area contributed by atoms with Crippen molar-refractivity contribution in [3.63, 3.8) is 0 Å². The van der Waals surface area contributed by atoms with Crippen molar-refractivity contribution < 1.29 is 19.5 Å². The Morgan fingerprint density at radius 1 is 1.06 bits per heavy atom. The van der Waals surface area contributed by atoms with Gasteiger partial charge in [-0.15, -0.1) is 11.8 Å². The number of thioether (sulfide) groups is 1. The third-order valence-corrected chi connectivity index (χ3v) is 8.78. The van der Waals surface area contributed by atoms with Gasteiger partial charge >= 0.3 is 0 Å². The fourth-order valence-corrected chi connectivity index (χ4v) is 7.50. The number of aliphatic hydroxyl groups is 1. The zero-order valence-corrected chi connectivity index (χ0v) is 19.2. The second-order valence-corrected chi connectivity index (χ2v) is 10.5. The molecule has 4 aliphatic heterocycles. The third-order valence-electron chi connectivity index (χ3n) is 7.03. The number of unbranched alkanes of at least 4 members (excludes halogenated alkanes) is 2. The molecule has 5 atom stereocenters. The van der Waals surface area contributed by atoms with E-state index in [-0.39, 0.29) is 29.6 Å². The molecule has 4 aliphatic rings. The summed E-state index contributed by atoms with van der Waals surface area (Å²) < 4.78 is -0.720. The zero-order valence-electron chi connectivity index (χ0n) is 18.4. The van der Waals surface area contributed by atoms with E-state index in [1.807, 2.05) is 17.1 Å². The van der Waals surface area contributed by atoms with Gasteiger partial charge in [0.15, 0.2) is 0 Å². The molecule has 0 aliphatic carbocycles. The van der Waals surface area contributed by atoms with Gasteiger partial charge in [-0.3, -0.25) is 14.4 Å². The van der Waals surface area contributed by atoms with E-state index >= 15 is 0 Å². The lowest BCUT2D eigenvalue weighted by molar-refractivity contribution is -0.144. The standard InChI is InChI=1S/C23H33N3O4S/c1-3-4-12-25-13-8-10-23-18(17-16(31-23)9-7-11-24(2)20(17)28)21(29)26(14-5-6-15-27)19(23)22(25)30/h7-10,16-19,27H,3-6,11-15H2,1-2H3/t16-,17+,18-,19?,23-/m0/s1. The topological polar surface area (TPSA) is 81.2 Å². The molecule has 1 N–H and O–H groups in total. The summed E-state index contributed by atoms with van der Waals surface area (Å²) in [4.78, 5) is 46.1. The van der Waals surface area contributed by atoms with Crippen LogP contribution in [0.4, 0.5) is 0 Å². The molecule has 0 bridgehead atoms. The lowest BCUT2D eigenvalue weighted by atomic mass is 9.78. The largest absolute Gasteiger partial charge is 0.396 e. The predicted molar refractivity (Wildman–Crippen MR) is 120 cm³/mol. The summed E-state index contributed by atoms with van der Waals surface area (Å²) in [5.41, 5.74) is 0. The number of nitrogens with zero attached hydrogens (tertiary/aromatic N) is 3. The first-order valence-corrected chi connectivity index (χ1v) is 12.3. The third kappa shape index (κ3) is 3.61. The van der Waals surface area contributed by atoms with Crippen molar-refractivity contribution in [1.82, 2.24) is 14.7 Å². The Bertz CT molecular complexity index is 800. The molecule has 170 valence electrons. The summed E-state index contributed by atoms with van der Waals surface area (Å²) in [6.45, 7) is 4.36. The van der Waals surface area contributed by atoms with E-state index < -0.39 is 22.6 Å². The van der Waals surface area contributed by atoms with Gasteiger partial charge in [-0.05, 0) is 19.3 Å². The molecule has 2 fully saturated rings. The monoisotopic (exact) mass is 447 g/mol. The number of likely N-dealkylation sites (tertiary alicyclic amines) is 1. The zero-order chi connectivity index (χ0) is 22.2. The molecule has 4 heterocycles. The molecule has 1 spiro atoms. The lowest BCUT2D eigenvalue weighted by Gasteiger charge is -2.35. The quantitative estimate of drug-likeness (QED) is 0.470. The molecule has 31 heavy (non-hydrogen) atoms. The Balaban J connectivity index is 1.75. The number of carbonyl (C=O) groups is 3. The highest BCUT2D eigenvalue weighted by molar-refractivity contribution is 8.02. The van der Waals surface area contributed by atoms with Gasteiger partial charge in [0.2, 0.25) is 17.7 Å². The summed E-state index contributed by atoms with van der Waals surface area (Å²) in [6, 6.07) is -0.595. The average molecular weight is 448 g/mol. The summed E-state index contributed by atoms with van der Waals surface area (Å²) in [5.74, 6) is -1.10. The minimum atomic E-state index is -0.720. The van der Waals surface area contributed by atoms with Crippen molar-refractivity contribution in [2.45, 2.75) is 48.6 Å². The molecule has 7 nitrogen and oxygen atoms in total. The Morgan fingerprint density at radius 2 is 1.87 bits per heavy atom. The number of rotatable bonds is 7. The Kier molecular flexibility index (Phi) is 6.49. The smallest absolute Gasteiger partial charge is 0.247 e. The maximum absolute atomic E-state index is 13.8. The van der Waals surface area contributed by atoms with Gasteiger partial charge in [0.05, 0.1) is 16.6 Å². The first-order valence-electron chi connectivity index (χ1n) is 11.4. The molecule has 0 radical (unpaired) electrons. The van der Waals surface area contributed by atoms with Gasteiger partial charge in [-0.1, -0.05) is 37.6 Å². The molecule has 2 saturated heterocycles. The Hall–Kier alpha value is -1.80. The highest BCUT2D eigenvalue weighted by Gasteiger charge is 2.70. The Labute approximate surface area is 188 Å². The SMILES string of the molecule is CCCCN1CC=C[C@]23S[C@H]4C=CCN(C)C(=O)[C@H]4[C@H]2C(=O)N(CCCCO)C3C1=O.